The van der Waals surface area contributed by atoms with E-state index >= 15 is 0 Å². The van der Waals surface area contributed by atoms with Crippen LogP contribution in [0.2, 0.25) is 0 Å². The Morgan fingerprint density at radius 1 is 1.07 bits per heavy atom. The highest BCUT2D eigenvalue weighted by atomic mass is 32.2. The molecular formula is C23H21N3O2S. The molecular weight excluding hydrogens is 382 g/mol. The fourth-order valence-corrected chi connectivity index (χ4v) is 4.14. The van der Waals surface area contributed by atoms with Gasteiger partial charge >= 0.3 is 0 Å². The van der Waals surface area contributed by atoms with Gasteiger partial charge in [-0.2, -0.15) is 0 Å². The first-order valence-electron chi connectivity index (χ1n) is 9.23. The van der Waals surface area contributed by atoms with Crippen molar-refractivity contribution in [1.82, 2.24) is 9.88 Å². The number of para-hydroxylation sites is 1. The Bertz CT molecular complexity index is 1110. The number of benzene rings is 2. The van der Waals surface area contributed by atoms with E-state index in [9.17, 15) is 4.79 Å². The number of aryl methyl sites for hydroxylation is 1. The average molecular weight is 404 g/mol. The third kappa shape index (κ3) is 3.98. The van der Waals surface area contributed by atoms with Gasteiger partial charge in [-0.3, -0.25) is 4.79 Å². The first-order valence-corrected chi connectivity index (χ1v) is 10.0. The van der Waals surface area contributed by atoms with Crippen LogP contribution in [-0.4, -0.2) is 22.8 Å². The van der Waals surface area contributed by atoms with Crippen molar-refractivity contribution in [2.75, 3.05) is 7.11 Å². The fourth-order valence-electron chi connectivity index (χ4n) is 3.30. The molecule has 0 atom stereocenters. The monoisotopic (exact) mass is 403 g/mol. The number of nitrogens with one attached hydrogen (secondary N) is 1. The molecule has 6 heteroatoms. The van der Waals surface area contributed by atoms with Crippen LogP contribution < -0.4 is 10.1 Å². The van der Waals surface area contributed by atoms with Crippen LogP contribution in [0.4, 0.5) is 5.69 Å². The summed E-state index contributed by atoms with van der Waals surface area (Å²) in [6, 6.07) is 19.7. The number of amidine groups is 1. The van der Waals surface area contributed by atoms with Crippen molar-refractivity contribution < 1.29 is 9.53 Å². The smallest absolute Gasteiger partial charge is 0.264 e. The van der Waals surface area contributed by atoms with Crippen molar-refractivity contribution in [3.8, 4) is 11.4 Å². The Hall–Kier alpha value is -3.25. The third-order valence-corrected chi connectivity index (χ3v) is 5.64. The summed E-state index contributed by atoms with van der Waals surface area (Å²) in [5.74, 6) is 0.637. The Kier molecular flexibility index (Phi) is 5.27. The highest BCUT2D eigenvalue weighted by molar-refractivity contribution is 8.18. The number of rotatable bonds is 4. The Morgan fingerprint density at radius 3 is 2.48 bits per heavy atom. The van der Waals surface area contributed by atoms with Gasteiger partial charge in [-0.25, -0.2) is 4.99 Å². The molecule has 5 nitrogen and oxygen atoms in total. The lowest BCUT2D eigenvalue weighted by Crippen LogP contribution is -2.19. The molecule has 1 saturated heterocycles. The Labute approximate surface area is 174 Å². The molecule has 0 spiro atoms. The van der Waals surface area contributed by atoms with E-state index in [1.807, 2.05) is 48.5 Å². The minimum atomic E-state index is -0.133. The Balaban J connectivity index is 1.60. The van der Waals surface area contributed by atoms with Gasteiger partial charge < -0.3 is 14.6 Å². The molecule has 3 aromatic rings. The number of carbonyl (C=O) groups is 1. The maximum absolute atomic E-state index is 12.4. The number of hydrogen-bond donors (Lipinski definition) is 1. The van der Waals surface area contributed by atoms with E-state index < -0.39 is 0 Å². The number of thioether (sulfide) groups is 1. The number of ether oxygens (including phenoxy) is 1. The second-order valence-electron chi connectivity index (χ2n) is 6.68. The third-order valence-electron chi connectivity index (χ3n) is 4.73. The lowest BCUT2D eigenvalue weighted by Gasteiger charge is -2.09. The van der Waals surface area contributed by atoms with Crippen LogP contribution in [0.3, 0.4) is 0 Å². The molecule has 1 N–H and O–H groups in total. The van der Waals surface area contributed by atoms with Crippen molar-refractivity contribution in [1.29, 1.82) is 0 Å². The predicted octanol–water partition coefficient (Wildman–Crippen LogP) is 4.99. The summed E-state index contributed by atoms with van der Waals surface area (Å²) >= 11 is 1.35. The number of aliphatic imine (C=N–C) groups is 1. The second-order valence-corrected chi connectivity index (χ2v) is 7.71. The number of hydrogen-bond acceptors (Lipinski definition) is 4. The first-order chi connectivity index (χ1) is 14.0. The molecule has 0 bridgehead atoms. The molecule has 2 heterocycles. The zero-order valence-electron chi connectivity index (χ0n) is 16.5. The maximum Gasteiger partial charge on any atom is 0.264 e. The molecule has 2 aromatic carbocycles. The highest BCUT2D eigenvalue weighted by Crippen LogP contribution is 2.30. The summed E-state index contributed by atoms with van der Waals surface area (Å²) in [4.78, 5) is 17.6. The molecule has 0 saturated carbocycles. The van der Waals surface area contributed by atoms with Gasteiger partial charge in [0.15, 0.2) is 5.17 Å². The molecule has 1 aliphatic heterocycles. The zero-order chi connectivity index (χ0) is 20.4. The van der Waals surface area contributed by atoms with Crippen LogP contribution in [0.1, 0.15) is 17.0 Å². The predicted molar refractivity (Wildman–Crippen MR) is 119 cm³/mol. The number of aromatic nitrogens is 1. The standard InChI is InChI=1S/C23H21N3O2S/c1-15-13-17(16(2)26(15)19-7-5-4-6-8-19)14-21-22(27)25-23(29-21)24-18-9-11-20(28-3)12-10-18/h4-14H,1-3H3,(H,24,25,27)/b21-14-. The molecule has 4 rings (SSSR count). The van der Waals surface area contributed by atoms with Crippen LogP contribution in [0.15, 0.2) is 70.6 Å². The number of carbonyl (C=O) groups excluding carboxylic acids is 1. The van der Waals surface area contributed by atoms with Crippen molar-refractivity contribution in [3.05, 3.63) is 82.5 Å². The lowest BCUT2D eigenvalue weighted by atomic mass is 10.2. The lowest BCUT2D eigenvalue weighted by molar-refractivity contribution is -0.115. The molecule has 29 heavy (non-hydrogen) atoms. The van der Waals surface area contributed by atoms with E-state index in [0.29, 0.717) is 10.1 Å². The van der Waals surface area contributed by atoms with Gasteiger partial charge in [-0.15, -0.1) is 0 Å². The molecule has 146 valence electrons. The SMILES string of the molecule is COc1ccc(N=C2NC(=O)/C(=C/c3cc(C)n(-c4ccccc4)c3C)S2)cc1. The van der Waals surface area contributed by atoms with E-state index in [1.54, 1.807) is 7.11 Å². The fraction of sp³-hybridized carbons (Fsp3) is 0.130. The molecule has 0 unspecified atom stereocenters. The Morgan fingerprint density at radius 2 is 1.79 bits per heavy atom. The van der Waals surface area contributed by atoms with E-state index in [0.717, 1.165) is 34.1 Å². The summed E-state index contributed by atoms with van der Waals surface area (Å²) in [7, 11) is 1.62. The van der Waals surface area contributed by atoms with Crippen molar-refractivity contribution in [2.24, 2.45) is 4.99 Å². The van der Waals surface area contributed by atoms with E-state index in [-0.39, 0.29) is 5.91 Å². The number of nitrogens with zero attached hydrogens (tertiary/aromatic N) is 2. The van der Waals surface area contributed by atoms with Crippen LogP contribution in [0, 0.1) is 13.8 Å². The van der Waals surface area contributed by atoms with E-state index in [2.05, 4.69) is 46.9 Å². The van der Waals surface area contributed by atoms with Crippen molar-refractivity contribution >= 4 is 34.6 Å². The van der Waals surface area contributed by atoms with Crippen LogP contribution in [0.5, 0.6) is 5.75 Å². The van der Waals surface area contributed by atoms with Gasteiger partial charge in [0.25, 0.3) is 5.91 Å². The minimum Gasteiger partial charge on any atom is -0.497 e. The summed E-state index contributed by atoms with van der Waals surface area (Å²) in [5, 5.41) is 3.41. The van der Waals surface area contributed by atoms with Crippen LogP contribution in [-0.2, 0) is 4.79 Å². The summed E-state index contributed by atoms with van der Waals surface area (Å²) in [6.07, 6.45) is 1.93. The normalized spacial score (nSPS) is 16.4. The second kappa shape index (κ2) is 8.01. The molecule has 0 radical (unpaired) electrons. The van der Waals surface area contributed by atoms with Gasteiger partial charge in [0.2, 0.25) is 0 Å². The quantitative estimate of drug-likeness (QED) is 0.624. The molecule has 1 aliphatic rings. The number of amides is 1. The van der Waals surface area contributed by atoms with E-state index in [4.69, 9.17) is 4.74 Å². The summed E-state index contributed by atoms with van der Waals surface area (Å²) < 4.78 is 7.35. The molecule has 1 aromatic heterocycles. The summed E-state index contributed by atoms with van der Waals surface area (Å²) in [5.41, 5.74) is 5.11. The summed E-state index contributed by atoms with van der Waals surface area (Å²) in [6.45, 7) is 4.14. The number of methoxy groups -OCH3 is 1. The van der Waals surface area contributed by atoms with Crippen molar-refractivity contribution in [2.45, 2.75) is 13.8 Å². The zero-order valence-corrected chi connectivity index (χ0v) is 17.3. The minimum absolute atomic E-state index is 0.133. The highest BCUT2D eigenvalue weighted by Gasteiger charge is 2.24. The van der Waals surface area contributed by atoms with Gasteiger partial charge in [-0.1, -0.05) is 18.2 Å². The molecule has 1 fully saturated rings. The van der Waals surface area contributed by atoms with Gasteiger partial charge in [0.1, 0.15) is 5.75 Å². The van der Waals surface area contributed by atoms with Gasteiger partial charge in [-0.05, 0) is 79.7 Å². The van der Waals surface area contributed by atoms with E-state index in [1.165, 1.54) is 11.8 Å². The van der Waals surface area contributed by atoms with Crippen LogP contribution in [0.25, 0.3) is 11.8 Å². The van der Waals surface area contributed by atoms with Gasteiger partial charge in [0.05, 0.1) is 17.7 Å². The van der Waals surface area contributed by atoms with Crippen molar-refractivity contribution in [3.63, 3.8) is 0 Å². The van der Waals surface area contributed by atoms with Crippen LogP contribution >= 0.6 is 11.8 Å². The topological polar surface area (TPSA) is 55.6 Å². The largest absolute Gasteiger partial charge is 0.497 e. The molecule has 0 aliphatic carbocycles. The van der Waals surface area contributed by atoms with Gasteiger partial charge in [0, 0.05) is 17.1 Å². The maximum atomic E-state index is 12.4. The molecule has 1 amide bonds. The first kappa shape index (κ1) is 19.1. The average Bonchev–Trinajstić information content (AvgIpc) is 3.21.